The molecule has 0 spiro atoms. The van der Waals surface area contributed by atoms with Crippen LogP contribution in [0, 0.1) is 11.3 Å². The Labute approximate surface area is 116 Å². The lowest BCUT2D eigenvalue weighted by Gasteiger charge is -2.19. The Hall–Kier alpha value is -1.55. The molecule has 0 saturated heterocycles. The minimum absolute atomic E-state index is 0.00798. The Balaban J connectivity index is 2.57. The second-order valence-electron chi connectivity index (χ2n) is 3.83. The predicted octanol–water partition coefficient (Wildman–Crippen LogP) is 0.630. The molecule has 0 aliphatic rings. The monoisotopic (exact) mass is 280 g/mol. The van der Waals surface area contributed by atoms with Gasteiger partial charge in [0.15, 0.2) is 0 Å². The lowest BCUT2D eigenvalue weighted by Crippen LogP contribution is -2.33. The van der Waals surface area contributed by atoms with Gasteiger partial charge in [0.25, 0.3) is 0 Å². The van der Waals surface area contributed by atoms with E-state index in [4.69, 9.17) is 10.4 Å². The smallest absolute Gasteiger partial charge is 0.237 e. The number of hydrogen-bond donors (Lipinski definition) is 2. The number of amides is 1. The molecule has 0 aliphatic heterocycles. The molecule has 1 atom stereocenters. The first kappa shape index (κ1) is 15.5. The zero-order valence-corrected chi connectivity index (χ0v) is 11.2. The summed E-state index contributed by atoms with van der Waals surface area (Å²) in [5, 5.41) is 26.6. The number of carbonyl (C=O) groups is 1. The first-order valence-electron chi connectivity index (χ1n) is 5.78. The van der Waals surface area contributed by atoms with Gasteiger partial charge < -0.3 is 10.2 Å². The van der Waals surface area contributed by atoms with E-state index in [0.29, 0.717) is 5.69 Å². The standard InChI is InChI=1S/C13H16N2O3S/c14-6-7-15(11-4-2-1-3-5-11)13(18)10-19-9-12(17)8-16/h1-5,12,16-17H,7-10H2. The van der Waals surface area contributed by atoms with E-state index in [2.05, 4.69) is 0 Å². The van der Waals surface area contributed by atoms with Crippen LogP contribution in [0.2, 0.25) is 0 Å². The maximum atomic E-state index is 12.0. The van der Waals surface area contributed by atoms with E-state index in [-0.39, 0.29) is 30.6 Å². The van der Waals surface area contributed by atoms with Gasteiger partial charge >= 0.3 is 0 Å². The fourth-order valence-corrected chi connectivity index (χ4v) is 2.24. The van der Waals surface area contributed by atoms with Crippen molar-refractivity contribution in [3.05, 3.63) is 30.3 Å². The van der Waals surface area contributed by atoms with Crippen LogP contribution >= 0.6 is 11.8 Å². The van der Waals surface area contributed by atoms with E-state index >= 15 is 0 Å². The number of hydrogen-bond acceptors (Lipinski definition) is 5. The Bertz CT molecular complexity index is 433. The maximum Gasteiger partial charge on any atom is 0.237 e. The van der Waals surface area contributed by atoms with Gasteiger partial charge in [-0.15, -0.1) is 11.8 Å². The number of nitriles is 1. The number of carbonyl (C=O) groups excluding carboxylic acids is 1. The molecule has 1 amide bonds. The molecule has 2 N–H and O–H groups in total. The molecule has 1 unspecified atom stereocenters. The molecule has 0 aromatic heterocycles. The minimum Gasteiger partial charge on any atom is -0.394 e. The third-order valence-corrected chi connectivity index (χ3v) is 3.42. The highest BCUT2D eigenvalue weighted by atomic mass is 32.2. The van der Waals surface area contributed by atoms with Gasteiger partial charge in [0.05, 0.1) is 24.5 Å². The number of rotatable bonds is 7. The summed E-state index contributed by atoms with van der Waals surface area (Å²) in [6.45, 7) is -0.326. The molecule has 0 heterocycles. The summed E-state index contributed by atoms with van der Waals surface area (Å²) in [6, 6.07) is 10.9. The van der Waals surface area contributed by atoms with Crippen LogP contribution in [0.25, 0.3) is 0 Å². The molecule has 6 heteroatoms. The predicted molar refractivity (Wildman–Crippen MR) is 74.8 cm³/mol. The van der Waals surface area contributed by atoms with Crippen molar-refractivity contribution >= 4 is 23.4 Å². The van der Waals surface area contributed by atoms with E-state index in [1.54, 1.807) is 24.3 Å². The van der Waals surface area contributed by atoms with Gasteiger partial charge in [0.2, 0.25) is 5.91 Å². The van der Waals surface area contributed by atoms with Gasteiger partial charge in [-0.2, -0.15) is 5.26 Å². The van der Waals surface area contributed by atoms with Gasteiger partial charge in [-0.3, -0.25) is 9.69 Å². The number of nitrogens with zero attached hydrogens (tertiary/aromatic N) is 2. The zero-order chi connectivity index (χ0) is 14.1. The Morgan fingerprint density at radius 3 is 2.68 bits per heavy atom. The molecule has 102 valence electrons. The highest BCUT2D eigenvalue weighted by Crippen LogP contribution is 2.15. The van der Waals surface area contributed by atoms with E-state index in [9.17, 15) is 9.90 Å². The fourth-order valence-electron chi connectivity index (χ4n) is 1.42. The molecule has 0 saturated carbocycles. The number of aliphatic hydroxyl groups excluding tert-OH is 2. The van der Waals surface area contributed by atoms with Crippen molar-refractivity contribution in [2.75, 3.05) is 29.6 Å². The fraction of sp³-hybridized carbons (Fsp3) is 0.385. The summed E-state index contributed by atoms with van der Waals surface area (Å²) < 4.78 is 0. The van der Waals surface area contributed by atoms with E-state index in [1.165, 1.54) is 16.7 Å². The van der Waals surface area contributed by atoms with E-state index in [0.717, 1.165) is 0 Å². The van der Waals surface area contributed by atoms with Gasteiger partial charge in [0, 0.05) is 11.4 Å². The largest absolute Gasteiger partial charge is 0.394 e. The average molecular weight is 280 g/mol. The van der Waals surface area contributed by atoms with E-state index in [1.807, 2.05) is 12.1 Å². The van der Waals surface area contributed by atoms with Crippen LogP contribution in [0.5, 0.6) is 0 Å². The van der Waals surface area contributed by atoms with Gasteiger partial charge in [0.1, 0.15) is 6.54 Å². The summed E-state index contributed by atoms with van der Waals surface area (Å²) in [4.78, 5) is 13.4. The maximum absolute atomic E-state index is 12.0. The number of aliphatic hydroxyl groups is 2. The third-order valence-electron chi connectivity index (χ3n) is 2.34. The topological polar surface area (TPSA) is 84.6 Å². The molecule has 1 rings (SSSR count). The highest BCUT2D eigenvalue weighted by molar-refractivity contribution is 8.00. The minimum atomic E-state index is -0.820. The first-order chi connectivity index (χ1) is 9.19. The molecule has 0 fully saturated rings. The SMILES string of the molecule is N#CCN(C(=O)CSCC(O)CO)c1ccccc1. The van der Waals surface area contributed by atoms with Crippen LogP contribution in [-0.4, -0.2) is 46.9 Å². The molecular weight excluding hydrogens is 264 g/mol. The van der Waals surface area contributed by atoms with Crippen molar-refractivity contribution in [2.24, 2.45) is 0 Å². The summed E-state index contributed by atoms with van der Waals surface area (Å²) in [5.74, 6) is 0.258. The van der Waals surface area contributed by atoms with Gasteiger partial charge in [-0.1, -0.05) is 18.2 Å². The second kappa shape index (κ2) is 8.53. The highest BCUT2D eigenvalue weighted by Gasteiger charge is 2.15. The molecule has 0 aliphatic carbocycles. The molecule has 5 nitrogen and oxygen atoms in total. The van der Waals surface area contributed by atoms with Crippen LogP contribution in [0.3, 0.4) is 0 Å². The molecule has 0 bridgehead atoms. The van der Waals surface area contributed by atoms with Crippen molar-refractivity contribution in [2.45, 2.75) is 6.10 Å². The quantitative estimate of drug-likeness (QED) is 0.716. The molecular formula is C13H16N2O3S. The van der Waals surface area contributed by atoms with Crippen LogP contribution in [0.4, 0.5) is 5.69 Å². The molecule has 1 aromatic rings. The van der Waals surface area contributed by atoms with Crippen LogP contribution in [0.15, 0.2) is 30.3 Å². The number of para-hydroxylation sites is 1. The molecule has 1 aromatic carbocycles. The Morgan fingerprint density at radius 1 is 1.42 bits per heavy atom. The Morgan fingerprint density at radius 2 is 2.11 bits per heavy atom. The summed E-state index contributed by atoms with van der Waals surface area (Å²) in [7, 11) is 0. The summed E-state index contributed by atoms with van der Waals surface area (Å²) in [5.41, 5.74) is 0.678. The van der Waals surface area contributed by atoms with E-state index < -0.39 is 6.10 Å². The number of thioether (sulfide) groups is 1. The normalized spacial score (nSPS) is 11.6. The molecule has 19 heavy (non-hydrogen) atoms. The lowest BCUT2D eigenvalue weighted by molar-refractivity contribution is -0.116. The van der Waals surface area contributed by atoms with Crippen molar-refractivity contribution < 1.29 is 15.0 Å². The van der Waals surface area contributed by atoms with Crippen LogP contribution < -0.4 is 4.90 Å². The van der Waals surface area contributed by atoms with Crippen LogP contribution in [-0.2, 0) is 4.79 Å². The van der Waals surface area contributed by atoms with Crippen molar-refractivity contribution in [1.29, 1.82) is 5.26 Å². The summed E-state index contributed by atoms with van der Waals surface area (Å²) >= 11 is 1.23. The summed E-state index contributed by atoms with van der Waals surface area (Å²) in [6.07, 6.45) is -0.820. The molecule has 0 radical (unpaired) electrons. The average Bonchev–Trinajstić information content (AvgIpc) is 2.45. The van der Waals surface area contributed by atoms with Crippen LogP contribution in [0.1, 0.15) is 0 Å². The second-order valence-corrected chi connectivity index (χ2v) is 4.86. The Kier molecular flexibility index (Phi) is 6.97. The third kappa shape index (κ3) is 5.30. The number of anilines is 1. The number of benzene rings is 1. The lowest BCUT2D eigenvalue weighted by atomic mass is 10.3. The zero-order valence-electron chi connectivity index (χ0n) is 10.4. The van der Waals surface area contributed by atoms with Gasteiger partial charge in [-0.05, 0) is 12.1 Å². The van der Waals surface area contributed by atoms with Crippen molar-refractivity contribution in [3.63, 3.8) is 0 Å². The van der Waals surface area contributed by atoms with Gasteiger partial charge in [-0.25, -0.2) is 0 Å². The van der Waals surface area contributed by atoms with Crippen molar-refractivity contribution in [3.8, 4) is 6.07 Å². The first-order valence-corrected chi connectivity index (χ1v) is 6.93. The van der Waals surface area contributed by atoms with Crippen molar-refractivity contribution in [1.82, 2.24) is 0 Å².